The Morgan fingerprint density at radius 2 is 2.11 bits per heavy atom. The summed E-state index contributed by atoms with van der Waals surface area (Å²) in [6, 6.07) is -1.44. The summed E-state index contributed by atoms with van der Waals surface area (Å²) >= 11 is 4.42. The summed E-state index contributed by atoms with van der Waals surface area (Å²) < 4.78 is -0.556. The van der Waals surface area contributed by atoms with Crippen LogP contribution in [0.1, 0.15) is 13.8 Å². The number of β-lactam (4-membered cyclic amide) rings is 1. The van der Waals surface area contributed by atoms with Gasteiger partial charge in [-0.05, 0) is 13.8 Å². The van der Waals surface area contributed by atoms with Crippen LogP contribution in [0.5, 0.6) is 0 Å². The molecule has 7 nitrogen and oxygen atoms in total. The van der Waals surface area contributed by atoms with Gasteiger partial charge in [-0.1, -0.05) is 15.9 Å². The number of carboxylic acids is 1. The molecular weight excluding hydrogens is 338 g/mol. The maximum Gasteiger partial charge on any atom is 0.327 e. The van der Waals surface area contributed by atoms with Gasteiger partial charge in [0.1, 0.15) is 17.5 Å². The zero-order valence-electron chi connectivity index (χ0n) is 10.6. The molecule has 2 heterocycles. The Morgan fingerprint density at radius 1 is 1.53 bits per heavy atom. The Bertz CT molecular complexity index is 431. The normalized spacial score (nSPS) is 31.0. The molecule has 0 aromatic heterocycles. The van der Waals surface area contributed by atoms with E-state index in [0.717, 1.165) is 0 Å². The zero-order valence-corrected chi connectivity index (χ0v) is 13.0. The molecular formula is C10H16BrN3O4S. The monoisotopic (exact) mass is 353 g/mol. The molecule has 19 heavy (non-hydrogen) atoms. The summed E-state index contributed by atoms with van der Waals surface area (Å²) in [7, 11) is 0. The van der Waals surface area contributed by atoms with Crippen LogP contribution in [0, 0.1) is 0 Å². The second kappa shape index (κ2) is 5.29. The standard InChI is InChI=1S/C10H13BrN2O4S.H3N/c1-10(2)6(9(16)17)13-7(15)5(8(13)18-10)12-4(14)3-11;/h5-6,8H,3H2,1-2H3,(H,12,14)(H,16,17);1H3/t5?,6-,8+;/m0./s1. The number of thioether (sulfide) groups is 1. The fourth-order valence-corrected chi connectivity index (χ4v) is 4.14. The lowest BCUT2D eigenvalue weighted by Crippen LogP contribution is -2.70. The topological polar surface area (TPSA) is 122 Å². The molecule has 2 amide bonds. The number of amides is 2. The lowest BCUT2D eigenvalue weighted by molar-refractivity contribution is -0.160. The molecule has 0 saturated carbocycles. The number of nitrogens with zero attached hydrogens (tertiary/aromatic N) is 1. The smallest absolute Gasteiger partial charge is 0.327 e. The van der Waals surface area contributed by atoms with Gasteiger partial charge in [0, 0.05) is 4.75 Å². The van der Waals surface area contributed by atoms with E-state index in [0.29, 0.717) is 0 Å². The van der Waals surface area contributed by atoms with Crippen LogP contribution in [0.4, 0.5) is 0 Å². The van der Waals surface area contributed by atoms with Crippen molar-refractivity contribution in [1.29, 1.82) is 0 Å². The van der Waals surface area contributed by atoms with Crippen molar-refractivity contribution in [2.75, 3.05) is 5.33 Å². The minimum Gasteiger partial charge on any atom is -0.480 e. The predicted molar refractivity (Wildman–Crippen MR) is 74.5 cm³/mol. The van der Waals surface area contributed by atoms with Gasteiger partial charge in [0.25, 0.3) is 0 Å². The first kappa shape index (κ1) is 16.3. The molecule has 0 aromatic rings. The van der Waals surface area contributed by atoms with Crippen LogP contribution in [0.25, 0.3) is 0 Å². The highest BCUT2D eigenvalue weighted by molar-refractivity contribution is 9.09. The lowest BCUT2D eigenvalue weighted by Gasteiger charge is -2.43. The number of nitrogens with one attached hydrogen (secondary N) is 1. The van der Waals surface area contributed by atoms with Crippen LogP contribution in [0.3, 0.4) is 0 Å². The van der Waals surface area contributed by atoms with Gasteiger partial charge in [-0.2, -0.15) is 0 Å². The van der Waals surface area contributed by atoms with E-state index in [1.807, 2.05) is 0 Å². The number of carbonyl (C=O) groups is 3. The molecule has 0 aromatic carbocycles. The Labute approximate surface area is 123 Å². The Balaban J connectivity index is 0.00000180. The Morgan fingerprint density at radius 3 is 2.58 bits per heavy atom. The summed E-state index contributed by atoms with van der Waals surface area (Å²) in [5, 5.41) is 11.6. The quantitative estimate of drug-likeness (QED) is 0.491. The molecule has 5 N–H and O–H groups in total. The number of carbonyl (C=O) groups excluding carboxylic acids is 2. The number of aliphatic carboxylic acids is 1. The van der Waals surface area contributed by atoms with E-state index in [4.69, 9.17) is 0 Å². The first-order valence-corrected chi connectivity index (χ1v) is 7.38. The maximum absolute atomic E-state index is 11.9. The molecule has 3 atom stereocenters. The van der Waals surface area contributed by atoms with E-state index >= 15 is 0 Å². The van der Waals surface area contributed by atoms with Gasteiger partial charge in [0.15, 0.2) is 0 Å². The molecule has 2 saturated heterocycles. The third-order valence-corrected chi connectivity index (χ3v) is 5.19. The van der Waals surface area contributed by atoms with E-state index in [9.17, 15) is 19.5 Å². The van der Waals surface area contributed by atoms with Crippen molar-refractivity contribution < 1.29 is 19.5 Å². The fourth-order valence-electron chi connectivity index (χ4n) is 2.36. The number of hydrogen-bond acceptors (Lipinski definition) is 5. The Hall–Kier alpha value is -0.800. The summed E-state index contributed by atoms with van der Waals surface area (Å²) in [5.41, 5.74) is 0. The van der Waals surface area contributed by atoms with Crippen LogP contribution in [-0.4, -0.2) is 55.3 Å². The summed E-state index contributed by atoms with van der Waals surface area (Å²) in [4.78, 5) is 35.8. The van der Waals surface area contributed by atoms with Crippen LogP contribution in [-0.2, 0) is 14.4 Å². The molecule has 0 spiro atoms. The molecule has 9 heteroatoms. The molecule has 2 rings (SSSR count). The van der Waals surface area contributed by atoms with Gasteiger partial charge >= 0.3 is 5.97 Å². The van der Waals surface area contributed by atoms with Gasteiger partial charge < -0.3 is 21.5 Å². The van der Waals surface area contributed by atoms with Gasteiger partial charge in [-0.15, -0.1) is 11.8 Å². The number of alkyl halides is 1. The van der Waals surface area contributed by atoms with Crippen LogP contribution in [0.2, 0.25) is 0 Å². The third kappa shape index (κ3) is 2.46. The largest absolute Gasteiger partial charge is 0.480 e. The molecule has 0 radical (unpaired) electrons. The molecule has 1 unspecified atom stereocenters. The van der Waals surface area contributed by atoms with Crippen molar-refractivity contribution in [2.24, 2.45) is 0 Å². The van der Waals surface area contributed by atoms with Gasteiger partial charge in [-0.3, -0.25) is 9.59 Å². The van der Waals surface area contributed by atoms with Crippen molar-refractivity contribution in [1.82, 2.24) is 16.4 Å². The number of rotatable bonds is 3. The molecule has 2 aliphatic rings. The van der Waals surface area contributed by atoms with Crippen molar-refractivity contribution >= 4 is 45.5 Å². The minimum atomic E-state index is -1.01. The number of hydrogen-bond donors (Lipinski definition) is 3. The van der Waals surface area contributed by atoms with E-state index in [-0.39, 0.29) is 28.7 Å². The number of halogens is 1. The van der Waals surface area contributed by atoms with Crippen molar-refractivity contribution in [3.05, 3.63) is 0 Å². The van der Waals surface area contributed by atoms with Crippen LogP contribution in [0.15, 0.2) is 0 Å². The number of fused-ring (bicyclic) bond motifs is 1. The van der Waals surface area contributed by atoms with Gasteiger partial charge in [-0.25, -0.2) is 4.79 Å². The second-order valence-corrected chi connectivity index (χ2v) is 7.11. The first-order chi connectivity index (χ1) is 8.29. The minimum absolute atomic E-state index is 0. The lowest BCUT2D eigenvalue weighted by atomic mass is 9.96. The second-order valence-electron chi connectivity index (χ2n) is 4.78. The molecule has 0 aliphatic carbocycles. The molecule has 108 valence electrons. The van der Waals surface area contributed by atoms with Gasteiger partial charge in [0.05, 0.1) is 5.33 Å². The highest BCUT2D eigenvalue weighted by atomic mass is 79.9. The first-order valence-electron chi connectivity index (χ1n) is 5.37. The van der Waals surface area contributed by atoms with E-state index in [1.54, 1.807) is 13.8 Å². The molecule has 2 fully saturated rings. The maximum atomic E-state index is 11.9. The fraction of sp³-hybridized carbons (Fsp3) is 0.700. The highest BCUT2D eigenvalue weighted by Crippen LogP contribution is 2.50. The van der Waals surface area contributed by atoms with E-state index < -0.39 is 22.8 Å². The summed E-state index contributed by atoms with van der Waals surface area (Å²) in [6.45, 7) is 3.59. The molecule has 0 bridgehead atoms. The summed E-state index contributed by atoms with van der Waals surface area (Å²) in [5.74, 6) is -1.60. The van der Waals surface area contributed by atoms with Crippen LogP contribution >= 0.6 is 27.7 Å². The highest BCUT2D eigenvalue weighted by Gasteiger charge is 2.64. The predicted octanol–water partition coefficient (Wildman–Crippen LogP) is 0.175. The Kier molecular flexibility index (Phi) is 4.53. The number of carboxylic acid groups (broad SMARTS) is 1. The summed E-state index contributed by atoms with van der Waals surface area (Å²) in [6.07, 6.45) is 0. The van der Waals surface area contributed by atoms with Crippen LogP contribution < -0.4 is 11.5 Å². The SMILES string of the molecule is CC1(C)S[C@@H]2C(NC(=O)CBr)C(=O)N2[C@H]1C(=O)O.N. The average molecular weight is 354 g/mol. The van der Waals surface area contributed by atoms with E-state index in [1.165, 1.54) is 16.7 Å². The average Bonchev–Trinajstić information content (AvgIpc) is 2.54. The van der Waals surface area contributed by atoms with Gasteiger partial charge in [0.2, 0.25) is 11.8 Å². The van der Waals surface area contributed by atoms with Crippen molar-refractivity contribution in [3.63, 3.8) is 0 Å². The third-order valence-electron chi connectivity index (χ3n) is 3.11. The van der Waals surface area contributed by atoms with E-state index in [2.05, 4.69) is 21.2 Å². The zero-order chi connectivity index (χ0) is 13.7. The van der Waals surface area contributed by atoms with Crippen molar-refractivity contribution in [2.45, 2.75) is 36.1 Å². The molecule has 2 aliphatic heterocycles. The van der Waals surface area contributed by atoms with Crippen molar-refractivity contribution in [3.8, 4) is 0 Å².